The Morgan fingerprint density at radius 1 is 1.50 bits per heavy atom. The summed E-state index contributed by atoms with van der Waals surface area (Å²) in [4.78, 5) is 1.80. The Labute approximate surface area is 111 Å². The molecule has 0 aliphatic heterocycles. The van der Waals surface area contributed by atoms with Crippen LogP contribution in [-0.4, -0.2) is 34.4 Å². The number of ether oxygens (including phenoxy) is 1. The first-order valence-corrected chi connectivity index (χ1v) is 7.78. The summed E-state index contributed by atoms with van der Waals surface area (Å²) in [6.07, 6.45) is 0. The number of sulfonamides is 1. The molecule has 1 rings (SSSR count). The van der Waals surface area contributed by atoms with Crippen LogP contribution in [0.15, 0.2) is 12.1 Å². The van der Waals surface area contributed by atoms with E-state index in [0.717, 1.165) is 9.75 Å². The van der Waals surface area contributed by atoms with Gasteiger partial charge in [-0.2, -0.15) is 0 Å². The van der Waals surface area contributed by atoms with Crippen LogP contribution in [0.1, 0.15) is 9.75 Å². The van der Waals surface area contributed by atoms with Crippen LogP contribution in [0.25, 0.3) is 0 Å². The SMILES string of the molecule is COCCS(=O)(=O)NCc1ccc(C#CCN)s1. The summed E-state index contributed by atoms with van der Waals surface area (Å²) in [7, 11) is -1.80. The third-order valence-electron chi connectivity index (χ3n) is 2.00. The Bertz CT molecular complexity index is 526. The number of methoxy groups -OCH3 is 1. The Balaban J connectivity index is 2.51. The molecular formula is C11H16N2O3S2. The second-order valence-electron chi connectivity index (χ2n) is 3.40. The van der Waals surface area contributed by atoms with Gasteiger partial charge in [0.25, 0.3) is 0 Å². The topological polar surface area (TPSA) is 81.4 Å². The van der Waals surface area contributed by atoms with E-state index >= 15 is 0 Å². The zero-order valence-electron chi connectivity index (χ0n) is 10.1. The molecule has 1 aromatic rings. The Hall–Kier alpha value is -0.910. The Morgan fingerprint density at radius 2 is 2.28 bits per heavy atom. The minimum absolute atomic E-state index is 0.0330. The van der Waals surface area contributed by atoms with Gasteiger partial charge >= 0.3 is 0 Å². The van der Waals surface area contributed by atoms with Gasteiger partial charge in [-0.25, -0.2) is 13.1 Å². The number of nitrogens with one attached hydrogen (secondary N) is 1. The quantitative estimate of drug-likeness (QED) is 0.729. The lowest BCUT2D eigenvalue weighted by atomic mass is 10.4. The van der Waals surface area contributed by atoms with Crippen LogP contribution in [-0.2, 0) is 21.3 Å². The van der Waals surface area contributed by atoms with Crippen LogP contribution in [0.2, 0.25) is 0 Å². The molecule has 18 heavy (non-hydrogen) atoms. The lowest BCUT2D eigenvalue weighted by Crippen LogP contribution is -2.27. The molecule has 0 spiro atoms. The number of nitrogens with two attached hydrogens (primary N) is 1. The smallest absolute Gasteiger partial charge is 0.214 e. The second kappa shape index (κ2) is 7.51. The summed E-state index contributed by atoms with van der Waals surface area (Å²) in [6, 6.07) is 3.70. The third kappa shape index (κ3) is 5.62. The molecule has 0 amide bonds. The minimum atomic E-state index is -3.27. The summed E-state index contributed by atoms with van der Waals surface area (Å²) in [5.41, 5.74) is 5.27. The first kappa shape index (κ1) is 15.1. The number of hydrogen-bond acceptors (Lipinski definition) is 5. The zero-order chi connectivity index (χ0) is 13.4. The van der Waals surface area contributed by atoms with Crippen LogP contribution in [0.3, 0.4) is 0 Å². The zero-order valence-corrected chi connectivity index (χ0v) is 11.7. The predicted octanol–water partition coefficient (Wildman–Crippen LogP) is 0.124. The van der Waals surface area contributed by atoms with Crippen molar-refractivity contribution in [3.63, 3.8) is 0 Å². The highest BCUT2D eigenvalue weighted by Gasteiger charge is 2.09. The highest BCUT2D eigenvalue weighted by molar-refractivity contribution is 7.89. The fourth-order valence-corrected chi connectivity index (χ4v) is 2.94. The van der Waals surface area contributed by atoms with Crippen molar-refractivity contribution < 1.29 is 13.2 Å². The van der Waals surface area contributed by atoms with Gasteiger partial charge in [0.1, 0.15) is 0 Å². The van der Waals surface area contributed by atoms with Crippen molar-refractivity contribution in [2.45, 2.75) is 6.54 Å². The Morgan fingerprint density at radius 3 is 2.94 bits per heavy atom. The van der Waals surface area contributed by atoms with Crippen LogP contribution >= 0.6 is 11.3 Å². The molecule has 7 heteroatoms. The molecule has 0 saturated carbocycles. The summed E-state index contributed by atoms with van der Waals surface area (Å²) >= 11 is 1.45. The molecule has 1 aromatic heterocycles. The molecule has 1 heterocycles. The van der Waals surface area contributed by atoms with Gasteiger partial charge in [0.15, 0.2) is 0 Å². The van der Waals surface area contributed by atoms with Crippen molar-refractivity contribution >= 4 is 21.4 Å². The monoisotopic (exact) mass is 288 g/mol. The van der Waals surface area contributed by atoms with E-state index in [1.165, 1.54) is 18.4 Å². The highest BCUT2D eigenvalue weighted by atomic mass is 32.2. The largest absolute Gasteiger partial charge is 0.384 e. The van der Waals surface area contributed by atoms with Gasteiger partial charge < -0.3 is 10.5 Å². The molecule has 0 aromatic carbocycles. The molecule has 0 aliphatic rings. The van der Waals surface area contributed by atoms with Gasteiger partial charge in [0, 0.05) is 18.5 Å². The molecule has 0 unspecified atom stereocenters. The average Bonchev–Trinajstić information content (AvgIpc) is 2.80. The van der Waals surface area contributed by atoms with Crippen molar-refractivity contribution in [1.82, 2.24) is 4.72 Å². The van der Waals surface area contributed by atoms with Gasteiger partial charge in [-0.1, -0.05) is 11.8 Å². The van der Waals surface area contributed by atoms with E-state index in [4.69, 9.17) is 10.5 Å². The summed E-state index contributed by atoms with van der Waals surface area (Å²) < 4.78 is 30.3. The first-order chi connectivity index (χ1) is 8.57. The number of hydrogen-bond donors (Lipinski definition) is 2. The summed E-state index contributed by atoms with van der Waals surface area (Å²) in [5, 5.41) is 0. The predicted molar refractivity (Wildman–Crippen MR) is 72.8 cm³/mol. The van der Waals surface area contributed by atoms with Gasteiger partial charge in [0.05, 0.1) is 23.8 Å². The second-order valence-corrected chi connectivity index (χ2v) is 6.50. The van der Waals surface area contributed by atoms with Crippen molar-refractivity contribution in [2.75, 3.05) is 26.0 Å². The van der Waals surface area contributed by atoms with Gasteiger partial charge in [-0.15, -0.1) is 11.3 Å². The van der Waals surface area contributed by atoms with Crippen LogP contribution < -0.4 is 10.5 Å². The molecule has 0 bridgehead atoms. The summed E-state index contributed by atoms with van der Waals surface area (Å²) in [5.74, 6) is 5.62. The number of rotatable bonds is 6. The highest BCUT2D eigenvalue weighted by Crippen LogP contribution is 2.15. The van der Waals surface area contributed by atoms with Crippen molar-refractivity contribution in [2.24, 2.45) is 5.73 Å². The molecule has 0 saturated heterocycles. The van der Waals surface area contributed by atoms with E-state index in [1.807, 2.05) is 12.1 Å². The van der Waals surface area contributed by atoms with E-state index < -0.39 is 10.0 Å². The van der Waals surface area contributed by atoms with Crippen molar-refractivity contribution in [3.8, 4) is 11.8 Å². The normalized spacial score (nSPS) is 11.0. The third-order valence-corrected chi connectivity index (χ3v) is 4.29. The molecule has 0 radical (unpaired) electrons. The van der Waals surface area contributed by atoms with E-state index in [9.17, 15) is 8.42 Å². The fraction of sp³-hybridized carbons (Fsp3) is 0.455. The molecule has 100 valence electrons. The average molecular weight is 288 g/mol. The van der Waals surface area contributed by atoms with Crippen LogP contribution in [0, 0.1) is 11.8 Å². The molecule has 0 aliphatic carbocycles. The molecular weight excluding hydrogens is 272 g/mol. The first-order valence-electron chi connectivity index (χ1n) is 5.31. The minimum Gasteiger partial charge on any atom is -0.384 e. The summed E-state index contributed by atoms with van der Waals surface area (Å²) in [6.45, 7) is 0.783. The van der Waals surface area contributed by atoms with Crippen LogP contribution in [0.4, 0.5) is 0 Å². The molecule has 3 N–H and O–H groups in total. The van der Waals surface area contributed by atoms with Gasteiger partial charge in [0.2, 0.25) is 10.0 Å². The van der Waals surface area contributed by atoms with Crippen LogP contribution in [0.5, 0.6) is 0 Å². The lowest BCUT2D eigenvalue weighted by Gasteiger charge is -2.04. The van der Waals surface area contributed by atoms with Gasteiger partial charge in [-0.3, -0.25) is 0 Å². The molecule has 5 nitrogen and oxygen atoms in total. The van der Waals surface area contributed by atoms with E-state index in [1.54, 1.807) is 0 Å². The maximum Gasteiger partial charge on any atom is 0.214 e. The van der Waals surface area contributed by atoms with Gasteiger partial charge in [-0.05, 0) is 12.1 Å². The molecule has 0 fully saturated rings. The van der Waals surface area contributed by atoms with Crippen molar-refractivity contribution in [1.29, 1.82) is 0 Å². The number of thiophene rings is 1. The Kier molecular flexibility index (Phi) is 6.32. The maximum absolute atomic E-state index is 11.5. The standard InChI is InChI=1S/C11H16N2O3S2/c1-16-7-8-18(14,15)13-9-11-5-4-10(17-11)3-2-6-12/h4-5,13H,6-9,12H2,1H3. The lowest BCUT2D eigenvalue weighted by molar-refractivity contribution is 0.217. The maximum atomic E-state index is 11.5. The molecule has 0 atom stereocenters. The van der Waals surface area contributed by atoms with E-state index in [-0.39, 0.29) is 18.9 Å². The fourth-order valence-electron chi connectivity index (χ4n) is 1.12. The van der Waals surface area contributed by atoms with Crippen molar-refractivity contribution in [3.05, 3.63) is 21.9 Å². The van der Waals surface area contributed by atoms with E-state index in [0.29, 0.717) is 6.54 Å². The van der Waals surface area contributed by atoms with E-state index in [2.05, 4.69) is 16.6 Å².